The van der Waals surface area contributed by atoms with Crippen molar-refractivity contribution in [2.75, 3.05) is 0 Å². The standard InChI is InChI=1S/C4H4F2O/c1-2-3-7-4(5)6/h4H,1H3. The van der Waals surface area contributed by atoms with Crippen LogP contribution >= 0.6 is 0 Å². The fourth-order valence-electron chi connectivity index (χ4n) is 0.103. The average Bonchev–Trinajstić information content (AvgIpc) is 1.61. The first-order chi connectivity index (χ1) is 3.27. The molecule has 0 rings (SSSR count). The Morgan fingerprint density at radius 1 is 1.57 bits per heavy atom. The molecule has 0 atom stereocenters. The summed E-state index contributed by atoms with van der Waals surface area (Å²) < 4.78 is 25.3. The van der Waals surface area contributed by atoms with Gasteiger partial charge in [0.1, 0.15) is 6.11 Å². The quantitative estimate of drug-likeness (QED) is 0.456. The molecule has 0 saturated heterocycles. The minimum Gasteiger partial charge on any atom is -0.382 e. The Morgan fingerprint density at radius 3 is 2.29 bits per heavy atom. The van der Waals surface area contributed by atoms with Crippen molar-refractivity contribution in [1.29, 1.82) is 0 Å². The summed E-state index contributed by atoms with van der Waals surface area (Å²) in [5.74, 6) is 2.15. The summed E-state index contributed by atoms with van der Waals surface area (Å²) in [6.45, 7) is -1.35. The first kappa shape index (κ1) is 6.22. The lowest BCUT2D eigenvalue weighted by molar-refractivity contribution is -0.0720. The Kier molecular flexibility index (Phi) is 3.03. The number of rotatable bonds is 1. The van der Waals surface area contributed by atoms with E-state index in [1.165, 1.54) is 6.92 Å². The molecule has 0 spiro atoms. The number of halogens is 2. The van der Waals surface area contributed by atoms with Crippen molar-refractivity contribution in [2.45, 2.75) is 13.5 Å². The molecular formula is C4H4F2O. The van der Waals surface area contributed by atoms with E-state index < -0.39 is 6.61 Å². The van der Waals surface area contributed by atoms with Gasteiger partial charge in [-0.15, -0.1) is 0 Å². The smallest absolute Gasteiger partial charge is 0.382 e. The van der Waals surface area contributed by atoms with Gasteiger partial charge in [-0.1, -0.05) is 5.92 Å². The first-order valence-electron chi connectivity index (χ1n) is 1.63. The molecule has 0 aliphatic heterocycles. The zero-order valence-corrected chi connectivity index (χ0v) is 3.74. The summed E-state index contributed by atoms with van der Waals surface area (Å²) in [4.78, 5) is 0. The van der Waals surface area contributed by atoms with Crippen LogP contribution in [0.3, 0.4) is 0 Å². The fourth-order valence-corrected chi connectivity index (χ4v) is 0.103. The van der Waals surface area contributed by atoms with E-state index in [0.29, 0.717) is 0 Å². The van der Waals surface area contributed by atoms with Crippen LogP contribution in [0.4, 0.5) is 8.78 Å². The summed E-state index contributed by atoms with van der Waals surface area (Å²) in [6.07, 6.45) is 1.75. The van der Waals surface area contributed by atoms with Gasteiger partial charge >= 0.3 is 6.61 Å². The van der Waals surface area contributed by atoms with Gasteiger partial charge in [-0.2, -0.15) is 8.78 Å². The third kappa shape index (κ3) is 5.22. The van der Waals surface area contributed by atoms with Crippen LogP contribution in [0.2, 0.25) is 0 Å². The van der Waals surface area contributed by atoms with Gasteiger partial charge in [0.05, 0.1) is 0 Å². The Labute approximate surface area is 40.3 Å². The van der Waals surface area contributed by atoms with Crippen molar-refractivity contribution in [3.63, 3.8) is 0 Å². The molecule has 1 nitrogen and oxygen atoms in total. The molecule has 0 fully saturated rings. The van der Waals surface area contributed by atoms with Gasteiger partial charge in [-0.25, -0.2) is 0 Å². The van der Waals surface area contributed by atoms with Crippen LogP contribution in [0.1, 0.15) is 6.92 Å². The van der Waals surface area contributed by atoms with E-state index >= 15 is 0 Å². The highest BCUT2D eigenvalue weighted by Crippen LogP contribution is 1.90. The largest absolute Gasteiger partial charge is 0.395 e. The highest BCUT2D eigenvalue weighted by molar-refractivity contribution is 4.84. The average molecular weight is 106 g/mol. The van der Waals surface area contributed by atoms with Gasteiger partial charge in [0.25, 0.3) is 0 Å². The molecule has 0 N–H and O–H groups in total. The van der Waals surface area contributed by atoms with Gasteiger partial charge in [0.2, 0.25) is 0 Å². The maximum absolute atomic E-state index is 10.9. The second kappa shape index (κ2) is 3.41. The van der Waals surface area contributed by atoms with E-state index in [0.717, 1.165) is 0 Å². The molecule has 0 aliphatic carbocycles. The van der Waals surface area contributed by atoms with Gasteiger partial charge < -0.3 is 4.74 Å². The van der Waals surface area contributed by atoms with Crippen molar-refractivity contribution in [2.24, 2.45) is 0 Å². The Balaban J connectivity index is 3.08. The monoisotopic (exact) mass is 106 g/mol. The van der Waals surface area contributed by atoms with Crippen LogP contribution in [-0.4, -0.2) is 6.61 Å². The highest BCUT2D eigenvalue weighted by Gasteiger charge is 1.94. The van der Waals surface area contributed by atoms with Crippen molar-refractivity contribution in [3.05, 3.63) is 0 Å². The SMILES string of the molecule is CC#COC(F)F. The molecular weight excluding hydrogens is 102 g/mol. The van der Waals surface area contributed by atoms with Crippen molar-refractivity contribution in [3.8, 4) is 12.0 Å². The normalized spacial score (nSPS) is 7.43. The molecule has 7 heavy (non-hydrogen) atoms. The van der Waals surface area contributed by atoms with Gasteiger partial charge in [-0.05, 0) is 0 Å². The van der Waals surface area contributed by atoms with Crippen molar-refractivity contribution in [1.82, 2.24) is 0 Å². The van der Waals surface area contributed by atoms with Gasteiger partial charge in [-0.3, -0.25) is 0 Å². The summed E-state index contributed by atoms with van der Waals surface area (Å²) in [6, 6.07) is 0. The van der Waals surface area contributed by atoms with Crippen molar-refractivity contribution < 1.29 is 13.5 Å². The summed E-state index contributed by atoms with van der Waals surface area (Å²) >= 11 is 0. The molecule has 3 heteroatoms. The molecule has 0 bridgehead atoms. The zero-order chi connectivity index (χ0) is 5.70. The zero-order valence-electron chi connectivity index (χ0n) is 3.74. The lowest BCUT2D eigenvalue weighted by Gasteiger charge is -1.87. The summed E-state index contributed by atoms with van der Waals surface area (Å²) in [5.41, 5.74) is 0. The van der Waals surface area contributed by atoms with Crippen LogP contribution in [0.15, 0.2) is 0 Å². The second-order valence-electron chi connectivity index (χ2n) is 0.731. The Hall–Kier alpha value is -0.780. The van der Waals surface area contributed by atoms with Crippen LogP contribution in [-0.2, 0) is 4.74 Å². The second-order valence-corrected chi connectivity index (χ2v) is 0.731. The lowest BCUT2D eigenvalue weighted by atomic mass is 10.8. The molecule has 0 radical (unpaired) electrons. The third-order valence-corrected chi connectivity index (χ3v) is 0.250. The highest BCUT2D eigenvalue weighted by atomic mass is 19.3. The number of hydrogen-bond donors (Lipinski definition) is 0. The molecule has 0 saturated carbocycles. The molecule has 0 aliphatic rings. The van der Waals surface area contributed by atoms with Crippen LogP contribution in [0.5, 0.6) is 0 Å². The molecule has 40 valence electrons. The maximum Gasteiger partial charge on any atom is 0.395 e. The first-order valence-corrected chi connectivity index (χ1v) is 1.63. The third-order valence-electron chi connectivity index (χ3n) is 0.250. The van der Waals surface area contributed by atoms with E-state index in [1.54, 1.807) is 6.11 Å². The molecule has 0 aromatic carbocycles. The van der Waals surface area contributed by atoms with Gasteiger partial charge in [0, 0.05) is 6.92 Å². The minimum atomic E-state index is -2.77. The summed E-state index contributed by atoms with van der Waals surface area (Å²) in [7, 11) is 0. The lowest BCUT2D eigenvalue weighted by Crippen LogP contribution is -1.89. The van der Waals surface area contributed by atoms with E-state index in [2.05, 4.69) is 10.7 Å². The van der Waals surface area contributed by atoms with Crippen LogP contribution in [0.25, 0.3) is 0 Å². The maximum atomic E-state index is 10.9. The fraction of sp³-hybridized carbons (Fsp3) is 0.500. The van der Waals surface area contributed by atoms with Crippen LogP contribution < -0.4 is 0 Å². The minimum absolute atomic E-state index is 1.42. The number of alkyl halides is 2. The molecule has 0 amide bonds. The number of ether oxygens (including phenoxy) is 1. The molecule has 0 heterocycles. The van der Waals surface area contributed by atoms with E-state index in [1.807, 2.05) is 0 Å². The predicted octanol–water partition coefficient (Wildman–Crippen LogP) is 1.21. The molecule has 0 aromatic rings. The predicted molar refractivity (Wildman–Crippen MR) is 20.5 cm³/mol. The van der Waals surface area contributed by atoms with E-state index in [-0.39, 0.29) is 0 Å². The Bertz CT molecular complexity index is 89.6. The van der Waals surface area contributed by atoms with E-state index in [4.69, 9.17) is 0 Å². The summed E-state index contributed by atoms with van der Waals surface area (Å²) in [5, 5.41) is 0. The topological polar surface area (TPSA) is 9.23 Å². The molecule has 0 aromatic heterocycles. The van der Waals surface area contributed by atoms with Crippen LogP contribution in [0, 0.1) is 12.0 Å². The van der Waals surface area contributed by atoms with Gasteiger partial charge in [0.15, 0.2) is 0 Å². The van der Waals surface area contributed by atoms with E-state index in [9.17, 15) is 8.78 Å². The Morgan fingerprint density at radius 2 is 2.14 bits per heavy atom. The van der Waals surface area contributed by atoms with Crippen molar-refractivity contribution >= 4 is 0 Å². The molecule has 0 unspecified atom stereocenters. The number of hydrogen-bond acceptors (Lipinski definition) is 1.